The van der Waals surface area contributed by atoms with E-state index in [0.717, 1.165) is 11.6 Å². The van der Waals surface area contributed by atoms with E-state index in [0.29, 0.717) is 5.69 Å². The predicted molar refractivity (Wildman–Crippen MR) is 65.2 cm³/mol. The maximum absolute atomic E-state index is 11.2. The van der Waals surface area contributed by atoms with E-state index in [1.54, 1.807) is 24.3 Å². The van der Waals surface area contributed by atoms with Gasteiger partial charge in [0.15, 0.2) is 0 Å². The first-order chi connectivity index (χ1) is 8.11. The first-order valence-electron chi connectivity index (χ1n) is 4.86. The van der Waals surface area contributed by atoms with E-state index in [1.165, 1.54) is 6.08 Å². The Labute approximate surface area is 99.0 Å². The van der Waals surface area contributed by atoms with Gasteiger partial charge in [-0.3, -0.25) is 4.79 Å². The van der Waals surface area contributed by atoms with Crippen molar-refractivity contribution in [3.63, 3.8) is 0 Å². The lowest BCUT2D eigenvalue weighted by Crippen LogP contribution is -2.09. The van der Waals surface area contributed by atoms with Crippen molar-refractivity contribution in [2.75, 3.05) is 5.32 Å². The molecule has 0 aromatic heterocycles. The SMILES string of the molecule is C#CCC(=O)Nc1ccc(/C=C/C(=O)O)cc1. The second kappa shape index (κ2) is 6.13. The molecule has 0 bridgehead atoms. The van der Waals surface area contributed by atoms with Crippen LogP contribution in [0.2, 0.25) is 0 Å². The molecule has 0 aliphatic carbocycles. The van der Waals surface area contributed by atoms with Crippen LogP contribution >= 0.6 is 0 Å². The van der Waals surface area contributed by atoms with Crippen LogP contribution in [0.4, 0.5) is 5.69 Å². The lowest BCUT2D eigenvalue weighted by atomic mass is 10.2. The van der Waals surface area contributed by atoms with Crippen molar-refractivity contribution in [2.45, 2.75) is 6.42 Å². The average molecular weight is 229 g/mol. The Morgan fingerprint density at radius 3 is 2.53 bits per heavy atom. The van der Waals surface area contributed by atoms with Crippen LogP contribution in [-0.4, -0.2) is 17.0 Å². The quantitative estimate of drug-likeness (QED) is 0.610. The van der Waals surface area contributed by atoms with E-state index >= 15 is 0 Å². The molecule has 0 saturated carbocycles. The van der Waals surface area contributed by atoms with E-state index in [4.69, 9.17) is 11.5 Å². The van der Waals surface area contributed by atoms with Crippen LogP contribution in [0.3, 0.4) is 0 Å². The van der Waals surface area contributed by atoms with Crippen LogP contribution in [0, 0.1) is 12.3 Å². The summed E-state index contributed by atoms with van der Waals surface area (Å²) in [4.78, 5) is 21.5. The van der Waals surface area contributed by atoms with Gasteiger partial charge in [0.05, 0.1) is 6.42 Å². The first-order valence-corrected chi connectivity index (χ1v) is 4.86. The average Bonchev–Trinajstić information content (AvgIpc) is 2.28. The standard InChI is InChI=1S/C13H11NO3/c1-2-3-12(15)14-11-7-4-10(5-8-11)6-9-13(16)17/h1,4-9H,3H2,(H,14,15)(H,16,17)/b9-6+. The number of carbonyl (C=O) groups excluding carboxylic acids is 1. The Bertz CT molecular complexity index is 480. The summed E-state index contributed by atoms with van der Waals surface area (Å²) in [6, 6.07) is 6.75. The van der Waals surface area contributed by atoms with E-state index in [9.17, 15) is 9.59 Å². The molecule has 0 unspecified atom stereocenters. The van der Waals surface area contributed by atoms with Gasteiger partial charge in [0, 0.05) is 11.8 Å². The maximum Gasteiger partial charge on any atom is 0.328 e. The van der Waals surface area contributed by atoms with Crippen molar-refractivity contribution in [2.24, 2.45) is 0 Å². The molecular formula is C13H11NO3. The Hall–Kier alpha value is -2.54. The molecule has 4 heteroatoms. The maximum atomic E-state index is 11.2. The van der Waals surface area contributed by atoms with Crippen LogP contribution in [0.5, 0.6) is 0 Å². The Morgan fingerprint density at radius 2 is 2.00 bits per heavy atom. The highest BCUT2D eigenvalue weighted by molar-refractivity contribution is 5.92. The number of anilines is 1. The van der Waals surface area contributed by atoms with Crippen molar-refractivity contribution < 1.29 is 14.7 Å². The molecule has 1 amide bonds. The Balaban J connectivity index is 2.65. The summed E-state index contributed by atoms with van der Waals surface area (Å²) in [7, 11) is 0. The molecule has 0 radical (unpaired) electrons. The van der Waals surface area contributed by atoms with Gasteiger partial charge in [-0.05, 0) is 23.8 Å². The van der Waals surface area contributed by atoms with Gasteiger partial charge in [-0.2, -0.15) is 0 Å². The van der Waals surface area contributed by atoms with Gasteiger partial charge in [-0.1, -0.05) is 18.1 Å². The summed E-state index contributed by atoms with van der Waals surface area (Å²) in [5.74, 6) is 0.991. The third-order valence-electron chi connectivity index (χ3n) is 1.88. The topological polar surface area (TPSA) is 66.4 Å². The summed E-state index contributed by atoms with van der Waals surface area (Å²) in [5, 5.41) is 11.1. The fourth-order valence-corrected chi connectivity index (χ4v) is 1.14. The van der Waals surface area contributed by atoms with E-state index < -0.39 is 5.97 Å². The number of hydrogen-bond donors (Lipinski definition) is 2. The minimum atomic E-state index is -1.00. The fourth-order valence-electron chi connectivity index (χ4n) is 1.14. The number of terminal acetylenes is 1. The molecule has 4 nitrogen and oxygen atoms in total. The zero-order chi connectivity index (χ0) is 12.7. The summed E-state index contributed by atoms with van der Waals surface area (Å²) in [6.45, 7) is 0. The second-order valence-corrected chi connectivity index (χ2v) is 3.22. The Kier molecular flexibility index (Phi) is 4.52. The monoisotopic (exact) mass is 229 g/mol. The highest BCUT2D eigenvalue weighted by atomic mass is 16.4. The lowest BCUT2D eigenvalue weighted by molar-refractivity contribution is -0.131. The van der Waals surface area contributed by atoms with Gasteiger partial charge in [-0.25, -0.2) is 4.79 Å². The second-order valence-electron chi connectivity index (χ2n) is 3.22. The molecular weight excluding hydrogens is 218 g/mol. The normalized spacial score (nSPS) is 9.82. The zero-order valence-electron chi connectivity index (χ0n) is 9.01. The molecule has 0 fully saturated rings. The van der Waals surface area contributed by atoms with Gasteiger partial charge >= 0.3 is 5.97 Å². The third kappa shape index (κ3) is 4.67. The molecule has 0 spiro atoms. The molecule has 0 aliphatic heterocycles. The van der Waals surface area contributed by atoms with Crippen LogP contribution in [0.1, 0.15) is 12.0 Å². The van der Waals surface area contributed by atoms with Crippen molar-refractivity contribution in [1.29, 1.82) is 0 Å². The predicted octanol–water partition coefficient (Wildman–Crippen LogP) is 1.75. The van der Waals surface area contributed by atoms with Gasteiger partial charge in [0.1, 0.15) is 0 Å². The van der Waals surface area contributed by atoms with Crippen molar-refractivity contribution in [3.05, 3.63) is 35.9 Å². The molecule has 86 valence electrons. The van der Waals surface area contributed by atoms with Gasteiger partial charge in [-0.15, -0.1) is 6.42 Å². The van der Waals surface area contributed by atoms with E-state index in [1.807, 2.05) is 0 Å². The molecule has 0 atom stereocenters. The first kappa shape index (κ1) is 12.5. The number of benzene rings is 1. The molecule has 17 heavy (non-hydrogen) atoms. The number of hydrogen-bond acceptors (Lipinski definition) is 2. The van der Waals surface area contributed by atoms with Gasteiger partial charge in [0.25, 0.3) is 0 Å². The number of carbonyl (C=O) groups is 2. The lowest BCUT2D eigenvalue weighted by Gasteiger charge is -2.02. The largest absolute Gasteiger partial charge is 0.478 e. The molecule has 1 aromatic rings. The molecule has 0 heterocycles. The van der Waals surface area contributed by atoms with E-state index in [-0.39, 0.29) is 12.3 Å². The van der Waals surface area contributed by atoms with Crippen LogP contribution in [-0.2, 0) is 9.59 Å². The highest BCUT2D eigenvalue weighted by Gasteiger charge is 1.99. The fraction of sp³-hybridized carbons (Fsp3) is 0.0769. The van der Waals surface area contributed by atoms with Crippen LogP contribution < -0.4 is 5.32 Å². The summed E-state index contributed by atoms with van der Waals surface area (Å²) < 4.78 is 0. The Morgan fingerprint density at radius 1 is 1.35 bits per heavy atom. The van der Waals surface area contributed by atoms with Gasteiger partial charge in [0.2, 0.25) is 5.91 Å². The molecule has 1 aromatic carbocycles. The van der Waals surface area contributed by atoms with E-state index in [2.05, 4.69) is 11.2 Å². The summed E-state index contributed by atoms with van der Waals surface area (Å²) >= 11 is 0. The number of carboxylic acid groups (broad SMARTS) is 1. The van der Waals surface area contributed by atoms with Crippen molar-refractivity contribution >= 4 is 23.6 Å². The molecule has 0 saturated heterocycles. The van der Waals surface area contributed by atoms with Crippen molar-refractivity contribution in [3.8, 4) is 12.3 Å². The summed E-state index contributed by atoms with van der Waals surface area (Å²) in [6.07, 6.45) is 7.54. The summed E-state index contributed by atoms with van der Waals surface area (Å²) in [5.41, 5.74) is 1.36. The van der Waals surface area contributed by atoms with Crippen LogP contribution in [0.15, 0.2) is 30.3 Å². The molecule has 2 N–H and O–H groups in total. The minimum absolute atomic E-state index is 0.0284. The van der Waals surface area contributed by atoms with Crippen molar-refractivity contribution in [1.82, 2.24) is 0 Å². The number of rotatable bonds is 4. The highest BCUT2D eigenvalue weighted by Crippen LogP contribution is 2.10. The molecule has 1 rings (SSSR count). The smallest absolute Gasteiger partial charge is 0.328 e. The number of nitrogens with one attached hydrogen (secondary N) is 1. The third-order valence-corrected chi connectivity index (χ3v) is 1.88. The number of carboxylic acids is 1. The minimum Gasteiger partial charge on any atom is -0.478 e. The zero-order valence-corrected chi connectivity index (χ0v) is 9.01. The number of aliphatic carboxylic acids is 1. The number of amides is 1. The van der Waals surface area contributed by atoms with Crippen LogP contribution in [0.25, 0.3) is 6.08 Å². The van der Waals surface area contributed by atoms with Gasteiger partial charge < -0.3 is 10.4 Å². The molecule has 0 aliphatic rings.